The molecule has 0 fully saturated rings. The van der Waals surface area contributed by atoms with Gasteiger partial charge in [-0.05, 0) is 0 Å². The molecule has 0 aliphatic rings. The second-order valence-electron chi connectivity index (χ2n) is 3.15. The topological polar surface area (TPSA) is 67.5 Å². The van der Waals surface area contributed by atoms with Gasteiger partial charge in [0.05, 0.1) is 6.26 Å². The van der Waals surface area contributed by atoms with Crippen LogP contribution in [0.15, 0.2) is 34.9 Å². The summed E-state index contributed by atoms with van der Waals surface area (Å²) in [6.07, 6.45) is 0.905. The summed E-state index contributed by atoms with van der Waals surface area (Å²) in [5, 5.41) is 9.95. The highest BCUT2D eigenvalue weighted by atomic mass is 16.4. The Morgan fingerprint density at radius 3 is 2.73 bits per heavy atom. The molecule has 0 bridgehead atoms. The first kappa shape index (κ1) is 9.45. The van der Waals surface area contributed by atoms with E-state index in [2.05, 4.69) is 0 Å². The van der Waals surface area contributed by atoms with E-state index in [0.717, 1.165) is 5.39 Å². The average molecular weight is 204 g/mol. The van der Waals surface area contributed by atoms with Crippen LogP contribution in [0.25, 0.3) is 10.8 Å². The van der Waals surface area contributed by atoms with Crippen molar-refractivity contribution in [1.29, 1.82) is 0 Å². The molecule has 0 saturated carbocycles. The zero-order valence-electron chi connectivity index (χ0n) is 7.77. The molecular weight excluding hydrogens is 196 g/mol. The van der Waals surface area contributed by atoms with Crippen molar-refractivity contribution in [1.82, 2.24) is 0 Å². The number of carbonyl (C=O) groups excluding carboxylic acids is 1. The van der Waals surface area contributed by atoms with Crippen molar-refractivity contribution in [2.24, 2.45) is 0 Å². The maximum absolute atomic E-state index is 11.5. The quantitative estimate of drug-likeness (QED) is 0.614. The Kier molecular flexibility index (Phi) is 2.25. The Morgan fingerprint density at radius 2 is 2.00 bits per heavy atom. The molecule has 1 heterocycles. The van der Waals surface area contributed by atoms with Crippen LogP contribution in [0.2, 0.25) is 0 Å². The first-order chi connectivity index (χ1) is 7.18. The lowest BCUT2D eigenvalue weighted by atomic mass is 10.1. The molecule has 0 spiro atoms. The fourth-order valence-corrected chi connectivity index (χ4v) is 1.43. The third-order valence-corrected chi connectivity index (χ3v) is 2.07. The van der Waals surface area contributed by atoms with Crippen molar-refractivity contribution in [2.45, 2.75) is 6.42 Å². The number of fused-ring (bicyclic) bond motifs is 1. The molecule has 1 aromatic carbocycles. The highest BCUT2D eigenvalue weighted by Crippen LogP contribution is 2.21. The number of carboxylic acids is 1. The Labute approximate surface area is 85.1 Å². The van der Waals surface area contributed by atoms with Gasteiger partial charge in [-0.25, -0.2) is 0 Å². The van der Waals surface area contributed by atoms with Crippen molar-refractivity contribution >= 4 is 22.5 Å². The van der Waals surface area contributed by atoms with Crippen LogP contribution in [-0.2, 0) is 4.79 Å². The number of hydrogen-bond donors (Lipinski definition) is 1. The van der Waals surface area contributed by atoms with Crippen molar-refractivity contribution in [2.75, 3.05) is 0 Å². The van der Waals surface area contributed by atoms with Gasteiger partial charge < -0.3 is 9.52 Å². The molecule has 0 saturated heterocycles. The minimum atomic E-state index is -1.15. The van der Waals surface area contributed by atoms with Crippen molar-refractivity contribution < 1.29 is 19.1 Å². The van der Waals surface area contributed by atoms with Gasteiger partial charge in [-0.15, -0.1) is 0 Å². The minimum Gasteiger partial charge on any atom is -0.481 e. The lowest BCUT2D eigenvalue weighted by molar-refractivity contribution is -0.135. The maximum Gasteiger partial charge on any atom is 0.311 e. The van der Waals surface area contributed by atoms with Crippen LogP contribution >= 0.6 is 0 Å². The molecule has 0 atom stereocenters. The summed E-state index contributed by atoms with van der Waals surface area (Å²) in [5.41, 5.74) is 0. The van der Waals surface area contributed by atoms with Gasteiger partial charge in [0, 0.05) is 10.8 Å². The van der Waals surface area contributed by atoms with Gasteiger partial charge in [-0.2, -0.15) is 0 Å². The van der Waals surface area contributed by atoms with Gasteiger partial charge in [0.15, 0.2) is 5.76 Å². The Hall–Kier alpha value is -2.10. The van der Waals surface area contributed by atoms with Gasteiger partial charge in [0.2, 0.25) is 5.78 Å². The molecule has 4 heteroatoms. The summed E-state index contributed by atoms with van der Waals surface area (Å²) in [6.45, 7) is 0. The Bertz CT molecular complexity index is 524. The highest BCUT2D eigenvalue weighted by Gasteiger charge is 2.16. The number of furan rings is 1. The monoisotopic (exact) mass is 204 g/mol. The van der Waals surface area contributed by atoms with Crippen LogP contribution in [0.1, 0.15) is 17.0 Å². The summed E-state index contributed by atoms with van der Waals surface area (Å²) in [6, 6.07) is 7.13. The molecular formula is C11H8O4. The predicted molar refractivity (Wildman–Crippen MR) is 52.8 cm³/mol. The average Bonchev–Trinajstić information content (AvgIpc) is 2.59. The van der Waals surface area contributed by atoms with Crippen LogP contribution in [0, 0.1) is 0 Å². The van der Waals surface area contributed by atoms with Gasteiger partial charge in [0.25, 0.3) is 0 Å². The number of carbonyl (C=O) groups is 2. The minimum absolute atomic E-state index is 0.119. The largest absolute Gasteiger partial charge is 0.481 e. The molecule has 4 nitrogen and oxygen atoms in total. The molecule has 1 N–H and O–H groups in total. The second-order valence-corrected chi connectivity index (χ2v) is 3.15. The number of rotatable bonds is 3. The maximum atomic E-state index is 11.5. The van der Waals surface area contributed by atoms with Gasteiger partial charge in [-0.3, -0.25) is 9.59 Å². The van der Waals surface area contributed by atoms with Crippen molar-refractivity contribution in [3.05, 3.63) is 36.3 Å². The zero-order valence-corrected chi connectivity index (χ0v) is 7.77. The van der Waals surface area contributed by atoms with E-state index in [4.69, 9.17) is 9.52 Å². The van der Waals surface area contributed by atoms with Crippen LogP contribution in [-0.4, -0.2) is 16.9 Å². The van der Waals surface area contributed by atoms with E-state index >= 15 is 0 Å². The lowest BCUT2D eigenvalue weighted by Crippen LogP contribution is -2.06. The van der Waals surface area contributed by atoms with Crippen LogP contribution in [0.3, 0.4) is 0 Å². The summed E-state index contributed by atoms with van der Waals surface area (Å²) in [5.74, 6) is -1.54. The van der Waals surface area contributed by atoms with E-state index in [-0.39, 0.29) is 5.76 Å². The van der Waals surface area contributed by atoms with E-state index in [9.17, 15) is 9.59 Å². The van der Waals surface area contributed by atoms with Gasteiger partial charge in [-0.1, -0.05) is 24.3 Å². The summed E-state index contributed by atoms with van der Waals surface area (Å²) in [7, 11) is 0. The van der Waals surface area contributed by atoms with Crippen LogP contribution < -0.4 is 0 Å². The number of aliphatic carboxylic acids is 1. The smallest absolute Gasteiger partial charge is 0.311 e. The number of carboxylic acid groups (broad SMARTS) is 1. The van der Waals surface area contributed by atoms with E-state index in [1.54, 1.807) is 18.2 Å². The van der Waals surface area contributed by atoms with Crippen LogP contribution in [0.4, 0.5) is 0 Å². The van der Waals surface area contributed by atoms with E-state index < -0.39 is 18.2 Å². The molecule has 0 radical (unpaired) electrons. The molecule has 0 aliphatic heterocycles. The van der Waals surface area contributed by atoms with Gasteiger partial charge in [0.1, 0.15) is 6.42 Å². The normalized spacial score (nSPS) is 10.4. The third kappa shape index (κ3) is 1.74. The molecule has 2 aromatic rings. The van der Waals surface area contributed by atoms with E-state index in [1.807, 2.05) is 6.07 Å². The number of benzene rings is 1. The predicted octanol–water partition coefficient (Wildman–Crippen LogP) is 2.09. The molecule has 0 amide bonds. The Morgan fingerprint density at radius 1 is 1.27 bits per heavy atom. The second kappa shape index (κ2) is 3.57. The molecule has 0 unspecified atom stereocenters. The molecule has 76 valence electrons. The molecule has 2 rings (SSSR count). The third-order valence-electron chi connectivity index (χ3n) is 2.07. The van der Waals surface area contributed by atoms with E-state index in [1.165, 1.54) is 6.26 Å². The summed E-state index contributed by atoms with van der Waals surface area (Å²) < 4.78 is 5.06. The SMILES string of the molecule is O=C(O)CC(=O)c1occ2ccccc12. The molecule has 1 aromatic heterocycles. The lowest BCUT2D eigenvalue weighted by Gasteiger charge is -1.93. The highest BCUT2D eigenvalue weighted by molar-refractivity contribution is 6.11. The fraction of sp³-hybridized carbons (Fsp3) is 0.0909. The van der Waals surface area contributed by atoms with E-state index in [0.29, 0.717) is 5.39 Å². The standard InChI is InChI=1S/C11H8O4/c12-9(5-10(13)14)11-8-4-2-1-3-7(8)6-15-11/h1-4,6H,5H2,(H,13,14). The first-order valence-corrected chi connectivity index (χ1v) is 4.39. The zero-order chi connectivity index (χ0) is 10.8. The number of hydrogen-bond acceptors (Lipinski definition) is 3. The van der Waals surface area contributed by atoms with Crippen molar-refractivity contribution in [3.63, 3.8) is 0 Å². The fourth-order valence-electron chi connectivity index (χ4n) is 1.43. The first-order valence-electron chi connectivity index (χ1n) is 4.39. The number of Topliss-reactive ketones (excluding diaryl/α,β-unsaturated/α-hetero) is 1. The molecule has 15 heavy (non-hydrogen) atoms. The number of ketones is 1. The Balaban J connectivity index is 2.44. The van der Waals surface area contributed by atoms with Crippen LogP contribution in [0.5, 0.6) is 0 Å². The molecule has 0 aliphatic carbocycles. The summed E-state index contributed by atoms with van der Waals surface area (Å²) >= 11 is 0. The summed E-state index contributed by atoms with van der Waals surface area (Å²) in [4.78, 5) is 21.8. The van der Waals surface area contributed by atoms with Gasteiger partial charge >= 0.3 is 5.97 Å². The van der Waals surface area contributed by atoms with Crippen molar-refractivity contribution in [3.8, 4) is 0 Å².